The van der Waals surface area contributed by atoms with Crippen LogP contribution in [0, 0.1) is 23.0 Å². The van der Waals surface area contributed by atoms with E-state index in [4.69, 9.17) is 19.9 Å². The number of nitrogens with two attached hydrogens (primary N) is 1. The average molecular weight is 679 g/mol. The Kier molecular flexibility index (Phi) is 8.39. The van der Waals surface area contributed by atoms with Gasteiger partial charge in [0, 0.05) is 44.0 Å². The van der Waals surface area contributed by atoms with E-state index in [0.29, 0.717) is 25.9 Å². The number of nitriles is 1. The number of methoxy groups -OCH3 is 1. The Morgan fingerprint density at radius 2 is 2.08 bits per heavy atom. The van der Waals surface area contributed by atoms with Crippen molar-refractivity contribution in [3.8, 4) is 29.1 Å². The number of ether oxygens (including phenoxy) is 3. The van der Waals surface area contributed by atoms with Crippen LogP contribution in [0.2, 0.25) is 0 Å². The first kappa shape index (κ1) is 32.1. The first-order valence-electron chi connectivity index (χ1n) is 15.7. The lowest BCUT2D eigenvalue weighted by Crippen LogP contribution is -2.44. The number of aromatic nitrogens is 2. The van der Waals surface area contributed by atoms with Gasteiger partial charge in [-0.05, 0) is 49.2 Å². The molecule has 5 heterocycles. The Bertz CT molecular complexity index is 1980. The molecule has 0 radical (unpaired) electrons. The molecule has 0 unspecified atom stereocenters. The van der Waals surface area contributed by atoms with E-state index in [2.05, 4.69) is 21.4 Å². The van der Waals surface area contributed by atoms with Crippen LogP contribution in [0.5, 0.6) is 11.9 Å². The molecule has 7 rings (SSSR count). The fraction of sp³-hybridized carbons (Fsp3) is 0.412. The molecule has 0 saturated carbocycles. The zero-order valence-corrected chi connectivity index (χ0v) is 27.0. The molecule has 0 spiro atoms. The standard InChI is InChI=1S/C34H33F3N6O4S/c1-3-28(44)43-10-7-27(26(43)16-45-2)47-32-21-11-24(37)20(19-5-6-23(36)30-29(19)22(14-38)31(39)48-30)12-25(21)40-33(41-32)46-17-34-8-4-9-42(34)15-18(35)13-34/h3,5-6,11-12,18,26-27H,1,4,7-10,13,15-17,39H2,2H3/t18-,26+,27-,34+/m1/s1. The molecule has 3 fully saturated rings. The van der Waals surface area contributed by atoms with Gasteiger partial charge in [-0.25, -0.2) is 13.2 Å². The molecule has 14 heteroatoms. The topological polar surface area (TPSA) is 127 Å². The van der Waals surface area contributed by atoms with Crippen LogP contribution in [0.3, 0.4) is 0 Å². The third-order valence-electron chi connectivity index (χ3n) is 9.72. The average Bonchev–Trinajstić information content (AvgIpc) is 3.81. The number of thiophene rings is 1. The Hall–Kier alpha value is -4.45. The van der Waals surface area contributed by atoms with E-state index >= 15 is 4.39 Å². The van der Waals surface area contributed by atoms with E-state index < -0.39 is 35.5 Å². The Labute approximate surface area is 278 Å². The molecule has 3 aliphatic rings. The number of rotatable bonds is 9. The summed E-state index contributed by atoms with van der Waals surface area (Å²) in [6.45, 7) is 5.46. The van der Waals surface area contributed by atoms with Crippen molar-refractivity contribution in [2.45, 2.75) is 49.5 Å². The number of fused-ring (bicyclic) bond motifs is 3. The van der Waals surface area contributed by atoms with Crippen LogP contribution in [0.1, 0.15) is 31.2 Å². The van der Waals surface area contributed by atoms with Crippen molar-refractivity contribution in [1.29, 1.82) is 5.26 Å². The molecule has 3 saturated heterocycles. The van der Waals surface area contributed by atoms with Crippen LogP contribution in [0.25, 0.3) is 32.1 Å². The largest absolute Gasteiger partial charge is 0.471 e. The van der Waals surface area contributed by atoms with Crippen LogP contribution in [-0.4, -0.2) is 89.5 Å². The quantitative estimate of drug-likeness (QED) is 0.232. The molecule has 0 bridgehead atoms. The maximum Gasteiger partial charge on any atom is 0.320 e. The lowest BCUT2D eigenvalue weighted by molar-refractivity contribution is -0.128. The van der Waals surface area contributed by atoms with Gasteiger partial charge in [-0.1, -0.05) is 12.6 Å². The fourth-order valence-electron chi connectivity index (χ4n) is 7.50. The summed E-state index contributed by atoms with van der Waals surface area (Å²) in [6.07, 6.45) is 2.23. The van der Waals surface area contributed by atoms with Crippen molar-refractivity contribution in [2.75, 3.05) is 45.7 Å². The normalized spacial score (nSPS) is 23.9. The van der Waals surface area contributed by atoms with E-state index in [1.807, 2.05) is 6.07 Å². The van der Waals surface area contributed by atoms with Gasteiger partial charge in [0.1, 0.15) is 41.6 Å². The SMILES string of the molecule is C=CC(=O)N1CC[C@@H](Oc2nc(OC[C@@]34CCCN3C[C@H](F)C4)nc3cc(-c4ccc(F)c5sc(N)c(C#N)c45)c(F)cc23)[C@@H]1COC. The molecule has 250 valence electrons. The van der Waals surface area contributed by atoms with Crippen molar-refractivity contribution in [1.82, 2.24) is 19.8 Å². The number of amides is 1. The first-order chi connectivity index (χ1) is 23.2. The number of benzene rings is 2. The minimum Gasteiger partial charge on any atom is -0.471 e. The van der Waals surface area contributed by atoms with Crippen LogP contribution >= 0.6 is 11.3 Å². The maximum atomic E-state index is 16.1. The van der Waals surface area contributed by atoms with E-state index in [1.165, 1.54) is 37.5 Å². The number of nitrogen functional groups attached to an aromatic ring is 1. The Morgan fingerprint density at radius 1 is 1.25 bits per heavy atom. The summed E-state index contributed by atoms with van der Waals surface area (Å²) in [6, 6.07) is 6.84. The molecule has 1 amide bonds. The lowest BCUT2D eigenvalue weighted by atomic mass is 9.95. The van der Waals surface area contributed by atoms with Gasteiger partial charge in [-0.2, -0.15) is 15.2 Å². The summed E-state index contributed by atoms with van der Waals surface area (Å²) in [5, 5.41) is 10.4. The molecule has 4 atom stereocenters. The number of hydrogen-bond acceptors (Lipinski definition) is 10. The number of halogens is 3. The molecule has 2 N–H and O–H groups in total. The fourth-order valence-corrected chi connectivity index (χ4v) is 8.45. The second-order valence-corrected chi connectivity index (χ2v) is 13.5. The van der Waals surface area contributed by atoms with Gasteiger partial charge in [-0.3, -0.25) is 9.69 Å². The van der Waals surface area contributed by atoms with E-state index in [0.717, 1.165) is 30.7 Å². The Morgan fingerprint density at radius 3 is 2.85 bits per heavy atom. The van der Waals surface area contributed by atoms with Crippen LogP contribution in [0.15, 0.2) is 36.9 Å². The third kappa shape index (κ3) is 5.39. The monoisotopic (exact) mass is 678 g/mol. The minimum atomic E-state index is -0.950. The number of alkyl halides is 1. The summed E-state index contributed by atoms with van der Waals surface area (Å²) in [5.41, 5.74) is 6.23. The van der Waals surface area contributed by atoms with Gasteiger partial charge in [0.15, 0.2) is 0 Å². The van der Waals surface area contributed by atoms with E-state index in [-0.39, 0.29) is 73.7 Å². The summed E-state index contributed by atoms with van der Waals surface area (Å²) >= 11 is 0.922. The maximum absolute atomic E-state index is 16.1. The van der Waals surface area contributed by atoms with Gasteiger partial charge in [0.25, 0.3) is 0 Å². The summed E-state index contributed by atoms with van der Waals surface area (Å²) in [5.74, 6) is -1.49. The molecule has 2 aromatic carbocycles. The highest BCUT2D eigenvalue weighted by Gasteiger charge is 2.49. The third-order valence-corrected chi connectivity index (χ3v) is 10.7. The first-order valence-corrected chi connectivity index (χ1v) is 16.5. The zero-order valence-electron chi connectivity index (χ0n) is 26.2. The second-order valence-electron chi connectivity index (χ2n) is 12.5. The number of anilines is 1. The highest BCUT2D eigenvalue weighted by atomic mass is 32.1. The molecule has 10 nitrogen and oxygen atoms in total. The van der Waals surface area contributed by atoms with E-state index in [1.54, 1.807) is 4.90 Å². The summed E-state index contributed by atoms with van der Waals surface area (Å²) in [4.78, 5) is 25.5. The van der Waals surface area contributed by atoms with Gasteiger partial charge in [0.2, 0.25) is 11.8 Å². The highest BCUT2D eigenvalue weighted by molar-refractivity contribution is 7.23. The van der Waals surface area contributed by atoms with Gasteiger partial charge in [0.05, 0.1) is 39.4 Å². The predicted octanol–water partition coefficient (Wildman–Crippen LogP) is 5.38. The van der Waals surface area contributed by atoms with Crippen molar-refractivity contribution in [3.63, 3.8) is 0 Å². The van der Waals surface area contributed by atoms with E-state index in [9.17, 15) is 18.8 Å². The molecule has 48 heavy (non-hydrogen) atoms. The number of carbonyl (C=O) groups is 1. The lowest BCUT2D eigenvalue weighted by Gasteiger charge is -2.31. The molecule has 4 aromatic rings. The smallest absolute Gasteiger partial charge is 0.320 e. The number of hydrogen-bond donors (Lipinski definition) is 1. The van der Waals surface area contributed by atoms with Gasteiger partial charge < -0.3 is 24.8 Å². The molecule has 3 aliphatic heterocycles. The highest BCUT2D eigenvalue weighted by Crippen LogP contribution is 2.44. The second kappa shape index (κ2) is 12.5. The molecule has 0 aliphatic carbocycles. The van der Waals surface area contributed by atoms with Crippen molar-refractivity contribution < 1.29 is 32.2 Å². The van der Waals surface area contributed by atoms with Gasteiger partial charge in [-0.15, -0.1) is 11.3 Å². The van der Waals surface area contributed by atoms with Gasteiger partial charge >= 0.3 is 6.01 Å². The zero-order chi connectivity index (χ0) is 33.7. The van der Waals surface area contributed by atoms with Crippen molar-refractivity contribution in [2.24, 2.45) is 0 Å². The predicted molar refractivity (Wildman–Crippen MR) is 175 cm³/mol. The minimum absolute atomic E-state index is 0.0387. The number of nitrogens with zero attached hydrogens (tertiary/aromatic N) is 5. The summed E-state index contributed by atoms with van der Waals surface area (Å²) < 4.78 is 63.6. The van der Waals surface area contributed by atoms with Crippen LogP contribution < -0.4 is 15.2 Å². The number of likely N-dealkylation sites (tertiary alicyclic amines) is 1. The van der Waals surface area contributed by atoms with Crippen molar-refractivity contribution >= 4 is 43.2 Å². The van der Waals surface area contributed by atoms with Crippen LogP contribution in [0.4, 0.5) is 18.2 Å². The number of carbonyl (C=O) groups excluding carboxylic acids is 1. The Balaban J connectivity index is 1.33. The summed E-state index contributed by atoms with van der Waals surface area (Å²) in [7, 11) is 1.52. The van der Waals surface area contributed by atoms with Crippen molar-refractivity contribution in [3.05, 3.63) is 54.1 Å². The molecular formula is C34H33F3N6O4S. The molecular weight excluding hydrogens is 645 g/mol. The van der Waals surface area contributed by atoms with Crippen LogP contribution in [-0.2, 0) is 9.53 Å². The molecule has 2 aromatic heterocycles.